The zero-order chi connectivity index (χ0) is 28.8. The number of alkyl halides is 3. The average Bonchev–Trinajstić information content (AvgIpc) is 2.91. The van der Waals surface area contributed by atoms with E-state index in [1.807, 2.05) is 19.1 Å². The van der Waals surface area contributed by atoms with E-state index in [4.69, 9.17) is 11.6 Å². The fraction of sp³-hybridized carbons (Fsp3) is 0.370. The number of pyridine rings is 1. The second kappa shape index (κ2) is 10.7. The summed E-state index contributed by atoms with van der Waals surface area (Å²) in [5.41, 5.74) is 1.04. The Bertz CT molecular complexity index is 1540. The normalized spacial score (nSPS) is 19.4. The average molecular weight is 580 g/mol. The van der Waals surface area contributed by atoms with Crippen LogP contribution in [0.2, 0.25) is 5.02 Å². The van der Waals surface area contributed by atoms with Crippen molar-refractivity contribution in [3.05, 3.63) is 74.4 Å². The van der Waals surface area contributed by atoms with Crippen molar-refractivity contribution in [2.45, 2.75) is 31.6 Å². The highest BCUT2D eigenvalue weighted by atomic mass is 35.5. The summed E-state index contributed by atoms with van der Waals surface area (Å²) in [5, 5.41) is 5.89. The largest absolute Gasteiger partial charge is 0.405 e. The number of aromatic amines is 1. The molecule has 1 saturated heterocycles. The summed E-state index contributed by atoms with van der Waals surface area (Å²) in [5.74, 6) is -1.80. The quantitative estimate of drug-likeness (QED) is 0.408. The third-order valence-corrected chi connectivity index (χ3v) is 7.65. The highest BCUT2D eigenvalue weighted by molar-refractivity contribution is 6.30. The summed E-state index contributed by atoms with van der Waals surface area (Å²) < 4.78 is 54.3. The summed E-state index contributed by atoms with van der Waals surface area (Å²) >= 11 is 6.08. The van der Waals surface area contributed by atoms with Gasteiger partial charge in [0.05, 0.1) is 23.7 Å². The molecule has 40 heavy (non-hydrogen) atoms. The Morgan fingerprint density at radius 3 is 2.67 bits per heavy atom. The second-order valence-electron chi connectivity index (χ2n) is 9.94. The molecule has 0 spiro atoms. The summed E-state index contributed by atoms with van der Waals surface area (Å²) in [6.45, 7) is 1.52. The van der Waals surface area contributed by atoms with E-state index in [1.54, 1.807) is 11.0 Å². The van der Waals surface area contributed by atoms with Crippen molar-refractivity contribution >= 4 is 39.9 Å². The van der Waals surface area contributed by atoms with Crippen LogP contribution in [0.4, 0.5) is 23.2 Å². The summed E-state index contributed by atoms with van der Waals surface area (Å²) in [6, 6.07) is 7.05. The molecule has 2 atom stereocenters. The first kappa shape index (κ1) is 27.9. The van der Waals surface area contributed by atoms with Crippen LogP contribution in [0.1, 0.15) is 34.6 Å². The Morgan fingerprint density at radius 2 is 1.93 bits per heavy atom. The number of hydrogen-bond donors (Lipinski definition) is 3. The number of nitrogens with one attached hydrogen (secondary N) is 3. The van der Waals surface area contributed by atoms with Crippen LogP contribution in [0.15, 0.2) is 41.2 Å². The summed E-state index contributed by atoms with van der Waals surface area (Å²) in [6.07, 6.45) is -3.90. The van der Waals surface area contributed by atoms with E-state index < -0.39 is 36.0 Å². The molecule has 2 aliphatic heterocycles. The van der Waals surface area contributed by atoms with E-state index in [9.17, 15) is 31.9 Å². The maximum atomic E-state index is 14.9. The molecular formula is C27H26ClF4N5O3. The first-order valence-corrected chi connectivity index (χ1v) is 13.1. The van der Waals surface area contributed by atoms with E-state index in [1.165, 1.54) is 12.1 Å². The number of aromatic nitrogens is 1. The topological polar surface area (TPSA) is 97.5 Å². The lowest BCUT2D eigenvalue weighted by molar-refractivity contribution is -0.162. The van der Waals surface area contributed by atoms with Gasteiger partial charge in [0.25, 0.3) is 11.5 Å². The Hall–Kier alpha value is -3.64. The maximum absolute atomic E-state index is 14.9. The maximum Gasteiger partial charge on any atom is 0.405 e. The van der Waals surface area contributed by atoms with Gasteiger partial charge in [-0.05, 0) is 60.2 Å². The number of nitrogens with zero attached hydrogens (tertiary/aromatic N) is 2. The predicted molar refractivity (Wildman–Crippen MR) is 142 cm³/mol. The van der Waals surface area contributed by atoms with Crippen molar-refractivity contribution in [3.63, 3.8) is 0 Å². The molecule has 3 N–H and O–H groups in total. The monoisotopic (exact) mass is 579 g/mol. The van der Waals surface area contributed by atoms with Crippen LogP contribution >= 0.6 is 11.6 Å². The smallest absolute Gasteiger partial charge is 0.374 e. The predicted octanol–water partition coefficient (Wildman–Crippen LogP) is 3.85. The lowest BCUT2D eigenvalue weighted by Gasteiger charge is -2.35. The SMILES string of the molecule is C[C@H]1c2ccc(Cl)cc2CCN1C(=O)CNc1cc2cc(C(=O)N3CCNC(C(F)(F)F)C3)[nH]c(=O)c2cc1F. The van der Waals surface area contributed by atoms with Crippen LogP contribution in [0, 0.1) is 5.82 Å². The number of halogens is 5. The van der Waals surface area contributed by atoms with Crippen molar-refractivity contribution in [2.24, 2.45) is 0 Å². The van der Waals surface area contributed by atoms with Gasteiger partial charge in [0, 0.05) is 31.2 Å². The van der Waals surface area contributed by atoms with Gasteiger partial charge < -0.3 is 25.4 Å². The van der Waals surface area contributed by atoms with Gasteiger partial charge in [-0.3, -0.25) is 14.4 Å². The molecule has 3 heterocycles. The van der Waals surface area contributed by atoms with E-state index >= 15 is 0 Å². The van der Waals surface area contributed by atoms with Gasteiger partial charge in [-0.15, -0.1) is 0 Å². The molecule has 2 amide bonds. The van der Waals surface area contributed by atoms with Crippen molar-refractivity contribution in [2.75, 3.05) is 38.0 Å². The minimum absolute atomic E-state index is 0.0241. The first-order chi connectivity index (χ1) is 18.9. The van der Waals surface area contributed by atoms with Crippen molar-refractivity contribution in [3.8, 4) is 0 Å². The Morgan fingerprint density at radius 1 is 1.15 bits per heavy atom. The number of H-pyrrole nitrogens is 1. The molecule has 0 bridgehead atoms. The molecule has 1 aromatic heterocycles. The highest BCUT2D eigenvalue weighted by Gasteiger charge is 2.43. The van der Waals surface area contributed by atoms with Crippen LogP contribution in [0.3, 0.4) is 0 Å². The molecule has 0 radical (unpaired) electrons. The van der Waals surface area contributed by atoms with E-state index in [-0.39, 0.29) is 53.7 Å². The zero-order valence-corrected chi connectivity index (χ0v) is 22.1. The van der Waals surface area contributed by atoms with Crippen molar-refractivity contribution in [1.82, 2.24) is 20.1 Å². The molecule has 2 aliphatic rings. The number of piperazine rings is 1. The van der Waals surface area contributed by atoms with Gasteiger partial charge in [0.15, 0.2) is 0 Å². The minimum atomic E-state index is -4.53. The fourth-order valence-corrected chi connectivity index (χ4v) is 5.47. The van der Waals surface area contributed by atoms with Gasteiger partial charge in [-0.1, -0.05) is 17.7 Å². The van der Waals surface area contributed by atoms with Crippen LogP contribution in [-0.2, 0) is 11.2 Å². The van der Waals surface area contributed by atoms with E-state index in [0.29, 0.717) is 18.0 Å². The standard InChI is InChI=1S/C27H26ClF4N5O3/c1-14-18-3-2-17(28)8-15(18)4-6-37(14)24(38)12-34-21-9-16-10-22(35-25(39)19(16)11-20(21)29)26(40)36-7-5-33-23(13-36)27(30,31)32/h2-3,8-11,14,23,33-34H,4-7,12-13H2,1H3,(H,35,39)/t14-,23?/m0/s1. The Kier molecular flexibility index (Phi) is 7.49. The van der Waals surface area contributed by atoms with Gasteiger partial charge in [0.2, 0.25) is 5.91 Å². The molecule has 5 rings (SSSR count). The Labute approximate surface area is 231 Å². The number of carbonyl (C=O) groups is 2. The summed E-state index contributed by atoms with van der Waals surface area (Å²) in [7, 11) is 0. The highest BCUT2D eigenvalue weighted by Crippen LogP contribution is 2.31. The molecule has 212 valence electrons. The minimum Gasteiger partial charge on any atom is -0.374 e. The van der Waals surface area contributed by atoms with E-state index in [2.05, 4.69) is 15.6 Å². The van der Waals surface area contributed by atoms with Crippen LogP contribution in [-0.4, -0.2) is 71.5 Å². The van der Waals surface area contributed by atoms with Gasteiger partial charge in [-0.2, -0.15) is 13.2 Å². The molecule has 0 saturated carbocycles. The van der Waals surface area contributed by atoms with Gasteiger partial charge in [0.1, 0.15) is 17.6 Å². The van der Waals surface area contributed by atoms with Crippen molar-refractivity contribution < 1.29 is 27.2 Å². The number of anilines is 1. The zero-order valence-electron chi connectivity index (χ0n) is 21.4. The van der Waals surface area contributed by atoms with Crippen LogP contribution < -0.4 is 16.2 Å². The number of carbonyl (C=O) groups excluding carboxylic acids is 2. The third kappa shape index (κ3) is 5.50. The molecule has 1 fully saturated rings. The molecule has 13 heteroatoms. The third-order valence-electron chi connectivity index (χ3n) is 7.42. The van der Waals surface area contributed by atoms with Crippen LogP contribution in [0.25, 0.3) is 10.8 Å². The molecule has 2 aromatic carbocycles. The van der Waals surface area contributed by atoms with Gasteiger partial charge >= 0.3 is 6.18 Å². The molecular weight excluding hydrogens is 554 g/mol. The number of amides is 2. The Balaban J connectivity index is 1.33. The molecule has 3 aromatic rings. The first-order valence-electron chi connectivity index (χ1n) is 12.7. The van der Waals surface area contributed by atoms with Crippen LogP contribution in [0.5, 0.6) is 0 Å². The molecule has 0 aliphatic carbocycles. The fourth-order valence-electron chi connectivity index (χ4n) is 5.28. The lowest BCUT2D eigenvalue weighted by Crippen LogP contribution is -2.58. The number of benzene rings is 2. The summed E-state index contributed by atoms with van der Waals surface area (Å²) in [4.78, 5) is 43.7. The second-order valence-corrected chi connectivity index (χ2v) is 10.4. The number of rotatable bonds is 4. The molecule has 1 unspecified atom stereocenters. The molecule has 8 nitrogen and oxygen atoms in total. The lowest BCUT2D eigenvalue weighted by atomic mass is 9.93. The number of fused-ring (bicyclic) bond motifs is 2. The van der Waals surface area contributed by atoms with Crippen molar-refractivity contribution in [1.29, 1.82) is 0 Å². The number of hydrogen-bond acceptors (Lipinski definition) is 5. The van der Waals surface area contributed by atoms with Gasteiger partial charge in [-0.25, -0.2) is 4.39 Å². The van der Waals surface area contributed by atoms with E-state index in [0.717, 1.165) is 22.1 Å².